The summed E-state index contributed by atoms with van der Waals surface area (Å²) in [5.74, 6) is 1.55. The largest absolute Gasteiger partial charge is 0.367 e. The SMILES string of the molecule is CN=C(NC#N)NCCCCc1nc(N)n[nH]1. The molecule has 0 aliphatic heterocycles. The minimum atomic E-state index is 0.275. The van der Waals surface area contributed by atoms with E-state index in [2.05, 4.69) is 30.8 Å². The Kier molecular flexibility index (Phi) is 5.30. The van der Waals surface area contributed by atoms with Gasteiger partial charge < -0.3 is 11.1 Å². The van der Waals surface area contributed by atoms with Crippen LogP contribution in [0.15, 0.2) is 4.99 Å². The number of H-pyrrole nitrogens is 1. The van der Waals surface area contributed by atoms with Gasteiger partial charge in [-0.2, -0.15) is 10.2 Å². The summed E-state index contributed by atoms with van der Waals surface area (Å²) in [6.45, 7) is 0.741. The molecule has 17 heavy (non-hydrogen) atoms. The average molecular weight is 236 g/mol. The molecule has 8 heteroatoms. The first-order chi connectivity index (χ1) is 8.26. The van der Waals surface area contributed by atoms with E-state index in [1.54, 1.807) is 7.05 Å². The lowest BCUT2D eigenvalue weighted by Gasteiger charge is -2.05. The molecule has 0 fully saturated rings. The molecule has 0 aliphatic rings. The molecule has 0 radical (unpaired) electrons. The van der Waals surface area contributed by atoms with Crippen molar-refractivity contribution in [1.29, 1.82) is 5.26 Å². The number of nitrogens with zero attached hydrogens (tertiary/aromatic N) is 4. The highest BCUT2D eigenvalue weighted by molar-refractivity contribution is 5.80. The summed E-state index contributed by atoms with van der Waals surface area (Å²) in [6.07, 6.45) is 4.50. The highest BCUT2D eigenvalue weighted by atomic mass is 15.3. The van der Waals surface area contributed by atoms with E-state index in [9.17, 15) is 0 Å². The number of hydrogen-bond acceptors (Lipinski definition) is 5. The lowest BCUT2D eigenvalue weighted by atomic mass is 10.2. The van der Waals surface area contributed by atoms with Gasteiger partial charge in [0.15, 0.2) is 6.19 Å². The van der Waals surface area contributed by atoms with Crippen LogP contribution in [0.4, 0.5) is 5.95 Å². The van der Waals surface area contributed by atoms with E-state index in [-0.39, 0.29) is 5.95 Å². The van der Waals surface area contributed by atoms with Crippen molar-refractivity contribution >= 4 is 11.9 Å². The summed E-state index contributed by atoms with van der Waals surface area (Å²) in [6, 6.07) is 0. The van der Waals surface area contributed by atoms with Crippen molar-refractivity contribution in [2.24, 2.45) is 4.99 Å². The summed E-state index contributed by atoms with van der Waals surface area (Å²) >= 11 is 0. The predicted octanol–water partition coefficient (Wildman–Crippen LogP) is -0.644. The van der Waals surface area contributed by atoms with Crippen LogP contribution in [-0.2, 0) is 6.42 Å². The van der Waals surface area contributed by atoms with Gasteiger partial charge in [-0.3, -0.25) is 15.4 Å². The van der Waals surface area contributed by atoms with Gasteiger partial charge in [0.25, 0.3) is 0 Å². The molecule has 5 N–H and O–H groups in total. The van der Waals surface area contributed by atoms with Crippen molar-refractivity contribution in [1.82, 2.24) is 25.8 Å². The first-order valence-corrected chi connectivity index (χ1v) is 5.28. The third-order valence-electron chi connectivity index (χ3n) is 2.08. The molecule has 1 rings (SSSR count). The number of nitriles is 1. The van der Waals surface area contributed by atoms with Crippen molar-refractivity contribution in [3.8, 4) is 6.19 Å². The third-order valence-corrected chi connectivity index (χ3v) is 2.08. The summed E-state index contributed by atoms with van der Waals surface area (Å²) in [4.78, 5) is 7.86. The van der Waals surface area contributed by atoms with Crippen LogP contribution in [0, 0.1) is 11.5 Å². The molecule has 0 aliphatic carbocycles. The van der Waals surface area contributed by atoms with E-state index < -0.39 is 0 Å². The number of aryl methyl sites for hydroxylation is 1. The van der Waals surface area contributed by atoms with E-state index in [4.69, 9.17) is 11.0 Å². The van der Waals surface area contributed by atoms with Gasteiger partial charge >= 0.3 is 0 Å². The predicted molar refractivity (Wildman–Crippen MR) is 63.8 cm³/mol. The molecule has 0 saturated heterocycles. The van der Waals surface area contributed by atoms with Crippen LogP contribution >= 0.6 is 0 Å². The normalized spacial score (nSPS) is 10.9. The summed E-state index contributed by atoms with van der Waals surface area (Å²) < 4.78 is 0. The monoisotopic (exact) mass is 236 g/mol. The summed E-state index contributed by atoms with van der Waals surface area (Å²) in [5, 5.41) is 20.4. The van der Waals surface area contributed by atoms with Crippen LogP contribution in [0.1, 0.15) is 18.7 Å². The highest BCUT2D eigenvalue weighted by Gasteiger charge is 1.99. The highest BCUT2D eigenvalue weighted by Crippen LogP contribution is 1.99. The van der Waals surface area contributed by atoms with Crippen LogP contribution in [0.25, 0.3) is 0 Å². The van der Waals surface area contributed by atoms with E-state index in [0.29, 0.717) is 5.96 Å². The molecule has 0 bridgehead atoms. The van der Waals surface area contributed by atoms with E-state index in [0.717, 1.165) is 31.6 Å². The number of rotatable bonds is 5. The Labute approximate surface area is 99.3 Å². The number of nitrogen functional groups attached to an aromatic ring is 1. The maximum absolute atomic E-state index is 8.41. The smallest absolute Gasteiger partial charge is 0.239 e. The van der Waals surface area contributed by atoms with Gasteiger partial charge in [-0.05, 0) is 12.8 Å². The van der Waals surface area contributed by atoms with Crippen molar-refractivity contribution in [2.75, 3.05) is 19.3 Å². The molecule has 1 heterocycles. The van der Waals surface area contributed by atoms with Gasteiger partial charge in [0.05, 0.1) is 0 Å². The number of anilines is 1. The van der Waals surface area contributed by atoms with E-state index >= 15 is 0 Å². The molecule has 0 atom stereocenters. The molecule has 0 unspecified atom stereocenters. The standard InChI is InChI=1S/C9H16N8/c1-12-9(14-6-10)13-5-3-2-4-7-15-8(11)17-16-7/h2-5H2,1H3,(H2,12,13,14)(H3,11,15,16,17). The number of aliphatic imine (C=N–C) groups is 1. The second-order valence-electron chi connectivity index (χ2n) is 3.33. The number of nitrogens with two attached hydrogens (primary N) is 1. The zero-order chi connectivity index (χ0) is 12.5. The maximum atomic E-state index is 8.41. The quantitative estimate of drug-likeness (QED) is 0.177. The number of guanidine groups is 1. The van der Waals surface area contributed by atoms with Crippen LogP contribution in [-0.4, -0.2) is 34.7 Å². The van der Waals surface area contributed by atoms with Crippen LogP contribution in [0.3, 0.4) is 0 Å². The zero-order valence-electron chi connectivity index (χ0n) is 9.69. The molecule has 1 aromatic heterocycles. The second kappa shape index (κ2) is 7.05. The van der Waals surface area contributed by atoms with Gasteiger partial charge in [-0.1, -0.05) is 0 Å². The number of hydrogen-bond donors (Lipinski definition) is 4. The number of nitrogens with one attached hydrogen (secondary N) is 3. The van der Waals surface area contributed by atoms with E-state index in [1.807, 2.05) is 6.19 Å². The van der Waals surface area contributed by atoms with E-state index in [1.165, 1.54) is 0 Å². The summed E-state index contributed by atoms with van der Waals surface area (Å²) in [7, 11) is 1.62. The third kappa shape index (κ3) is 4.83. The minimum Gasteiger partial charge on any atom is -0.367 e. The van der Waals surface area contributed by atoms with Gasteiger partial charge in [0.2, 0.25) is 11.9 Å². The van der Waals surface area contributed by atoms with Gasteiger partial charge in [-0.15, -0.1) is 5.10 Å². The molecule has 8 nitrogen and oxygen atoms in total. The lowest BCUT2D eigenvalue weighted by molar-refractivity contribution is 0.685. The fraction of sp³-hybridized carbons (Fsp3) is 0.556. The van der Waals surface area contributed by atoms with Crippen LogP contribution in [0.2, 0.25) is 0 Å². The first-order valence-electron chi connectivity index (χ1n) is 5.28. The molecule has 92 valence electrons. The number of aromatic nitrogens is 3. The molecule has 0 aromatic carbocycles. The molecular weight excluding hydrogens is 220 g/mol. The fourth-order valence-electron chi connectivity index (χ4n) is 1.28. The maximum Gasteiger partial charge on any atom is 0.239 e. The van der Waals surface area contributed by atoms with Gasteiger partial charge in [0.1, 0.15) is 5.82 Å². The summed E-state index contributed by atoms with van der Waals surface area (Å²) in [5.41, 5.74) is 5.38. The van der Waals surface area contributed by atoms with Crippen molar-refractivity contribution in [3.05, 3.63) is 5.82 Å². The number of aromatic amines is 1. The van der Waals surface area contributed by atoms with Gasteiger partial charge in [0, 0.05) is 20.0 Å². The van der Waals surface area contributed by atoms with Crippen molar-refractivity contribution in [3.63, 3.8) is 0 Å². The van der Waals surface area contributed by atoms with Crippen LogP contribution < -0.4 is 16.4 Å². The molecule has 0 spiro atoms. The lowest BCUT2D eigenvalue weighted by Crippen LogP contribution is -2.34. The Bertz CT molecular complexity index is 401. The Balaban J connectivity index is 2.11. The molecule has 1 aromatic rings. The molecule has 0 amide bonds. The average Bonchev–Trinajstić information content (AvgIpc) is 2.73. The minimum absolute atomic E-state index is 0.275. The Hall–Kier alpha value is -2.30. The van der Waals surface area contributed by atoms with Gasteiger partial charge in [-0.25, -0.2) is 0 Å². The topological polar surface area (TPSA) is 128 Å². The molecule has 0 saturated carbocycles. The van der Waals surface area contributed by atoms with Crippen molar-refractivity contribution < 1.29 is 0 Å². The first kappa shape index (κ1) is 12.8. The second-order valence-corrected chi connectivity index (χ2v) is 3.33. The number of unbranched alkanes of at least 4 members (excludes halogenated alkanes) is 1. The van der Waals surface area contributed by atoms with Crippen LogP contribution in [0.5, 0.6) is 0 Å². The Morgan fingerprint density at radius 2 is 2.41 bits per heavy atom. The molecular formula is C9H16N8. The zero-order valence-corrected chi connectivity index (χ0v) is 9.69. The Morgan fingerprint density at radius 3 is 3.00 bits per heavy atom. The Morgan fingerprint density at radius 1 is 1.59 bits per heavy atom. The van der Waals surface area contributed by atoms with Crippen molar-refractivity contribution in [2.45, 2.75) is 19.3 Å². The fourth-order valence-corrected chi connectivity index (χ4v) is 1.28.